The highest BCUT2D eigenvalue weighted by Crippen LogP contribution is 2.18. The molecule has 1 aromatic rings. The van der Waals surface area contributed by atoms with Crippen molar-refractivity contribution in [3.63, 3.8) is 0 Å². The SMILES string of the molecule is CC(C)(C)NSc1ccc(Cl)nc1. The molecule has 1 aromatic heterocycles. The molecular weight excluding hydrogens is 204 g/mol. The second kappa shape index (κ2) is 4.31. The molecule has 0 aliphatic heterocycles. The molecule has 4 heteroatoms. The number of rotatable bonds is 2. The Kier molecular flexibility index (Phi) is 3.59. The van der Waals surface area contributed by atoms with Gasteiger partial charge in [0.1, 0.15) is 5.15 Å². The van der Waals surface area contributed by atoms with Gasteiger partial charge >= 0.3 is 0 Å². The van der Waals surface area contributed by atoms with E-state index in [4.69, 9.17) is 11.6 Å². The van der Waals surface area contributed by atoms with Gasteiger partial charge in [0.25, 0.3) is 0 Å². The number of hydrogen-bond acceptors (Lipinski definition) is 3. The molecule has 0 atom stereocenters. The van der Waals surface area contributed by atoms with Crippen LogP contribution in [0.1, 0.15) is 20.8 Å². The van der Waals surface area contributed by atoms with Crippen LogP contribution >= 0.6 is 23.5 Å². The van der Waals surface area contributed by atoms with Crippen molar-refractivity contribution < 1.29 is 0 Å². The molecule has 0 unspecified atom stereocenters. The van der Waals surface area contributed by atoms with Crippen LogP contribution in [0.2, 0.25) is 5.15 Å². The van der Waals surface area contributed by atoms with Crippen LogP contribution in [0.5, 0.6) is 0 Å². The van der Waals surface area contributed by atoms with Gasteiger partial charge < -0.3 is 0 Å². The molecule has 0 aliphatic rings. The van der Waals surface area contributed by atoms with Crippen LogP contribution in [-0.4, -0.2) is 10.5 Å². The summed E-state index contributed by atoms with van der Waals surface area (Å²) in [6.07, 6.45) is 1.76. The van der Waals surface area contributed by atoms with Gasteiger partial charge in [0.15, 0.2) is 0 Å². The Bertz CT molecular complexity index is 266. The predicted molar refractivity (Wildman–Crippen MR) is 58.0 cm³/mol. The van der Waals surface area contributed by atoms with E-state index in [0.29, 0.717) is 5.15 Å². The lowest BCUT2D eigenvalue weighted by Crippen LogP contribution is -2.29. The zero-order valence-electron chi connectivity index (χ0n) is 7.97. The van der Waals surface area contributed by atoms with Crippen molar-refractivity contribution in [3.8, 4) is 0 Å². The van der Waals surface area contributed by atoms with Crippen molar-refractivity contribution in [2.45, 2.75) is 31.2 Å². The fraction of sp³-hybridized carbons (Fsp3) is 0.444. The maximum absolute atomic E-state index is 5.66. The summed E-state index contributed by atoms with van der Waals surface area (Å²) < 4.78 is 3.29. The molecule has 0 fully saturated rings. The van der Waals surface area contributed by atoms with Gasteiger partial charge in [-0.25, -0.2) is 4.98 Å². The molecule has 0 saturated heterocycles. The zero-order valence-corrected chi connectivity index (χ0v) is 9.54. The maximum Gasteiger partial charge on any atom is 0.129 e. The summed E-state index contributed by atoms with van der Waals surface area (Å²) in [6, 6.07) is 3.73. The van der Waals surface area contributed by atoms with Crippen LogP contribution in [0.3, 0.4) is 0 Å². The van der Waals surface area contributed by atoms with Crippen LogP contribution in [0.15, 0.2) is 23.2 Å². The van der Waals surface area contributed by atoms with E-state index >= 15 is 0 Å². The molecule has 1 heterocycles. The Labute approximate surface area is 88.2 Å². The average Bonchev–Trinajstić information content (AvgIpc) is 2.02. The Balaban J connectivity index is 2.51. The molecule has 13 heavy (non-hydrogen) atoms. The average molecular weight is 217 g/mol. The van der Waals surface area contributed by atoms with E-state index in [2.05, 4.69) is 30.5 Å². The summed E-state index contributed by atoms with van der Waals surface area (Å²) in [4.78, 5) is 5.05. The van der Waals surface area contributed by atoms with Crippen LogP contribution < -0.4 is 4.72 Å². The fourth-order valence-corrected chi connectivity index (χ4v) is 1.41. The van der Waals surface area contributed by atoms with Gasteiger partial charge in [-0.2, -0.15) is 0 Å². The van der Waals surface area contributed by atoms with Crippen molar-refractivity contribution in [2.24, 2.45) is 0 Å². The smallest absolute Gasteiger partial charge is 0.129 e. The van der Waals surface area contributed by atoms with Gasteiger partial charge in [0.05, 0.1) is 0 Å². The topological polar surface area (TPSA) is 24.9 Å². The van der Waals surface area contributed by atoms with Gasteiger partial charge in [-0.05, 0) is 44.9 Å². The third kappa shape index (κ3) is 4.50. The quantitative estimate of drug-likeness (QED) is 0.608. The highest BCUT2D eigenvalue weighted by Gasteiger charge is 2.08. The first kappa shape index (κ1) is 10.8. The minimum atomic E-state index is 0.101. The molecule has 0 aliphatic carbocycles. The molecule has 0 amide bonds. The van der Waals surface area contributed by atoms with E-state index in [1.807, 2.05) is 6.07 Å². The Morgan fingerprint density at radius 3 is 2.54 bits per heavy atom. The number of aromatic nitrogens is 1. The zero-order chi connectivity index (χ0) is 9.90. The summed E-state index contributed by atoms with van der Waals surface area (Å²) >= 11 is 7.23. The minimum Gasteiger partial charge on any atom is -0.255 e. The highest BCUT2D eigenvalue weighted by atomic mass is 35.5. The summed E-state index contributed by atoms with van der Waals surface area (Å²) in [5.74, 6) is 0. The fourth-order valence-electron chi connectivity index (χ4n) is 0.635. The third-order valence-corrected chi connectivity index (χ3v) is 2.59. The molecule has 0 saturated carbocycles. The first-order valence-corrected chi connectivity index (χ1v) is 5.22. The first-order chi connectivity index (χ1) is 5.97. The van der Waals surface area contributed by atoms with Crippen molar-refractivity contribution in [1.29, 1.82) is 0 Å². The number of nitrogens with one attached hydrogen (secondary N) is 1. The van der Waals surface area contributed by atoms with Gasteiger partial charge in [0.2, 0.25) is 0 Å². The van der Waals surface area contributed by atoms with Gasteiger partial charge in [-0.3, -0.25) is 4.72 Å². The molecule has 0 radical (unpaired) electrons. The van der Waals surface area contributed by atoms with E-state index in [0.717, 1.165) is 4.90 Å². The van der Waals surface area contributed by atoms with Crippen molar-refractivity contribution in [3.05, 3.63) is 23.5 Å². The molecular formula is C9H13ClN2S. The molecule has 72 valence electrons. The standard InChI is InChI=1S/C9H13ClN2S/c1-9(2,3)12-13-7-4-5-8(10)11-6-7/h4-6,12H,1-3H3. The number of nitrogens with zero attached hydrogens (tertiary/aromatic N) is 1. The van der Waals surface area contributed by atoms with Crippen LogP contribution in [0.25, 0.3) is 0 Å². The van der Waals surface area contributed by atoms with Gasteiger partial charge in [-0.1, -0.05) is 11.6 Å². The van der Waals surface area contributed by atoms with Crippen LogP contribution in [-0.2, 0) is 0 Å². The monoisotopic (exact) mass is 216 g/mol. The number of pyridine rings is 1. The Hall–Kier alpha value is -0.250. The largest absolute Gasteiger partial charge is 0.255 e. The summed E-state index contributed by atoms with van der Waals surface area (Å²) in [5.41, 5.74) is 0.101. The van der Waals surface area contributed by atoms with Gasteiger partial charge in [0, 0.05) is 16.6 Å². The number of hydrogen-bond donors (Lipinski definition) is 1. The van der Waals surface area contributed by atoms with E-state index in [-0.39, 0.29) is 5.54 Å². The molecule has 1 rings (SSSR count). The van der Waals surface area contributed by atoms with Crippen molar-refractivity contribution in [1.82, 2.24) is 9.71 Å². The van der Waals surface area contributed by atoms with Crippen molar-refractivity contribution >= 4 is 23.5 Å². The summed E-state index contributed by atoms with van der Waals surface area (Å²) in [6.45, 7) is 6.34. The van der Waals surface area contributed by atoms with E-state index in [1.54, 1.807) is 24.2 Å². The number of halogens is 1. The van der Waals surface area contributed by atoms with Crippen LogP contribution in [0, 0.1) is 0 Å². The second-order valence-corrected chi connectivity index (χ2v) is 5.04. The molecule has 1 N–H and O–H groups in total. The Morgan fingerprint density at radius 2 is 2.08 bits per heavy atom. The normalized spacial score (nSPS) is 11.7. The van der Waals surface area contributed by atoms with E-state index in [1.165, 1.54) is 0 Å². The van der Waals surface area contributed by atoms with Crippen molar-refractivity contribution in [2.75, 3.05) is 0 Å². The first-order valence-electron chi connectivity index (χ1n) is 4.03. The minimum absolute atomic E-state index is 0.101. The van der Waals surface area contributed by atoms with E-state index < -0.39 is 0 Å². The predicted octanol–water partition coefficient (Wildman–Crippen LogP) is 3.13. The third-order valence-electron chi connectivity index (χ3n) is 1.18. The summed E-state index contributed by atoms with van der Waals surface area (Å²) in [7, 11) is 0. The molecule has 2 nitrogen and oxygen atoms in total. The maximum atomic E-state index is 5.66. The molecule has 0 aromatic carbocycles. The summed E-state index contributed by atoms with van der Waals surface area (Å²) in [5, 5.41) is 0.528. The Morgan fingerprint density at radius 1 is 1.38 bits per heavy atom. The van der Waals surface area contributed by atoms with Gasteiger partial charge in [-0.15, -0.1) is 0 Å². The van der Waals surface area contributed by atoms with Crippen LogP contribution in [0.4, 0.5) is 0 Å². The lowest BCUT2D eigenvalue weighted by molar-refractivity contribution is 0.535. The second-order valence-electron chi connectivity index (χ2n) is 3.77. The lowest BCUT2D eigenvalue weighted by Gasteiger charge is -2.19. The van der Waals surface area contributed by atoms with E-state index in [9.17, 15) is 0 Å². The molecule has 0 spiro atoms. The highest BCUT2D eigenvalue weighted by molar-refractivity contribution is 7.97. The lowest BCUT2D eigenvalue weighted by atomic mass is 10.1. The molecule has 0 bridgehead atoms.